The summed E-state index contributed by atoms with van der Waals surface area (Å²) in [7, 11) is 0. The van der Waals surface area contributed by atoms with Crippen molar-refractivity contribution in [3.63, 3.8) is 0 Å². The van der Waals surface area contributed by atoms with Crippen LogP contribution in [0.3, 0.4) is 0 Å². The van der Waals surface area contributed by atoms with E-state index in [9.17, 15) is 28.8 Å². The van der Waals surface area contributed by atoms with Crippen LogP contribution < -0.4 is 21.7 Å². The van der Waals surface area contributed by atoms with Crippen molar-refractivity contribution in [3.05, 3.63) is 0 Å². The first-order valence-corrected chi connectivity index (χ1v) is 9.87. The first kappa shape index (κ1) is 28.1. The summed E-state index contributed by atoms with van der Waals surface area (Å²) in [5.74, 6) is -7.33. The predicted octanol–water partition coefficient (Wildman–Crippen LogP) is -2.22. The molecule has 8 N–H and O–H groups in total. The Morgan fingerprint density at radius 2 is 1.39 bits per heavy atom. The number of hydrogen-bond acceptors (Lipinski definition) is 8. The van der Waals surface area contributed by atoms with E-state index in [1.165, 1.54) is 0 Å². The lowest BCUT2D eigenvalue weighted by Crippen LogP contribution is -2.59. The minimum absolute atomic E-state index is 0.154. The number of aliphatic carboxylic acids is 3. The molecule has 0 spiro atoms. The van der Waals surface area contributed by atoms with Gasteiger partial charge in [0.1, 0.15) is 18.1 Å². The molecule has 0 saturated carbocycles. The van der Waals surface area contributed by atoms with Crippen molar-refractivity contribution in [2.75, 3.05) is 5.75 Å². The van der Waals surface area contributed by atoms with E-state index in [1.54, 1.807) is 13.8 Å². The van der Waals surface area contributed by atoms with Crippen molar-refractivity contribution in [2.45, 2.75) is 57.3 Å². The minimum Gasteiger partial charge on any atom is -0.481 e. The van der Waals surface area contributed by atoms with Crippen molar-refractivity contribution >= 4 is 48.3 Å². The van der Waals surface area contributed by atoms with Crippen LogP contribution >= 0.6 is 12.6 Å². The third-order valence-electron chi connectivity index (χ3n) is 4.06. The van der Waals surface area contributed by atoms with Gasteiger partial charge in [-0.1, -0.05) is 13.8 Å². The van der Waals surface area contributed by atoms with E-state index in [4.69, 9.17) is 21.1 Å². The molecule has 3 amide bonds. The maximum atomic E-state index is 12.5. The highest BCUT2D eigenvalue weighted by atomic mass is 32.1. The molecule has 4 atom stereocenters. The van der Waals surface area contributed by atoms with Crippen LogP contribution in [0.25, 0.3) is 0 Å². The van der Waals surface area contributed by atoms with Crippen LogP contribution in [0.5, 0.6) is 0 Å². The summed E-state index contributed by atoms with van der Waals surface area (Å²) in [5, 5.41) is 33.2. The van der Waals surface area contributed by atoms with Crippen molar-refractivity contribution in [1.29, 1.82) is 0 Å². The molecule has 14 heteroatoms. The quantitative estimate of drug-likeness (QED) is 0.129. The highest BCUT2D eigenvalue weighted by Gasteiger charge is 2.32. The summed E-state index contributed by atoms with van der Waals surface area (Å²) in [4.78, 5) is 69.5. The van der Waals surface area contributed by atoms with E-state index in [1.807, 2.05) is 0 Å². The fourth-order valence-electron chi connectivity index (χ4n) is 2.31. The van der Waals surface area contributed by atoms with E-state index < -0.39 is 72.1 Å². The summed E-state index contributed by atoms with van der Waals surface area (Å²) < 4.78 is 0. The Labute approximate surface area is 183 Å². The largest absolute Gasteiger partial charge is 0.481 e. The third kappa shape index (κ3) is 10.6. The molecule has 0 heterocycles. The van der Waals surface area contributed by atoms with Crippen LogP contribution in [0, 0.1) is 5.92 Å². The number of nitrogens with two attached hydrogens (primary N) is 1. The van der Waals surface area contributed by atoms with E-state index in [-0.39, 0.29) is 18.6 Å². The molecule has 0 aliphatic heterocycles. The van der Waals surface area contributed by atoms with E-state index in [0.717, 1.165) is 0 Å². The Morgan fingerprint density at radius 1 is 0.839 bits per heavy atom. The first-order chi connectivity index (χ1) is 14.3. The zero-order valence-corrected chi connectivity index (χ0v) is 17.9. The molecule has 0 radical (unpaired) electrons. The van der Waals surface area contributed by atoms with Gasteiger partial charge in [-0.05, 0) is 12.3 Å². The maximum Gasteiger partial charge on any atom is 0.326 e. The summed E-state index contributed by atoms with van der Waals surface area (Å²) in [6.07, 6.45) is -1.36. The maximum absolute atomic E-state index is 12.5. The van der Waals surface area contributed by atoms with Gasteiger partial charge in [-0.3, -0.25) is 24.0 Å². The molecule has 0 fully saturated rings. The molecule has 31 heavy (non-hydrogen) atoms. The molecule has 0 aliphatic rings. The lowest BCUT2D eigenvalue weighted by Gasteiger charge is -2.26. The Hall–Kier alpha value is -2.87. The summed E-state index contributed by atoms with van der Waals surface area (Å²) in [6, 6.07) is -5.32. The van der Waals surface area contributed by atoms with Gasteiger partial charge in [0, 0.05) is 12.2 Å². The molecular formula is C17H28N4O9S. The Balaban J connectivity index is 5.16. The summed E-state index contributed by atoms with van der Waals surface area (Å²) in [5.41, 5.74) is 5.59. The van der Waals surface area contributed by atoms with Crippen LogP contribution in [0.1, 0.15) is 33.1 Å². The molecule has 4 unspecified atom stereocenters. The Kier molecular flexibility index (Phi) is 12.2. The Bertz CT molecular complexity index is 701. The molecule has 0 saturated heterocycles. The van der Waals surface area contributed by atoms with Crippen molar-refractivity contribution < 1.29 is 44.1 Å². The number of rotatable bonds is 14. The second-order valence-corrected chi connectivity index (χ2v) is 7.38. The van der Waals surface area contributed by atoms with Crippen LogP contribution in [-0.4, -0.2) is 80.9 Å². The van der Waals surface area contributed by atoms with Gasteiger partial charge in [-0.25, -0.2) is 4.79 Å². The van der Waals surface area contributed by atoms with Crippen LogP contribution in [0.2, 0.25) is 0 Å². The summed E-state index contributed by atoms with van der Waals surface area (Å²) in [6.45, 7) is 3.13. The Morgan fingerprint density at radius 3 is 1.81 bits per heavy atom. The van der Waals surface area contributed by atoms with E-state index >= 15 is 0 Å². The zero-order chi connectivity index (χ0) is 24.3. The van der Waals surface area contributed by atoms with Gasteiger partial charge in [-0.15, -0.1) is 0 Å². The SMILES string of the molecule is CC(C)C(NC(=O)C(CS)NC(=O)C(N)CCC(=O)O)C(=O)NC(CC(=O)O)C(=O)O. The van der Waals surface area contributed by atoms with Gasteiger partial charge in [0.15, 0.2) is 0 Å². The molecule has 176 valence electrons. The number of carboxylic acid groups (broad SMARTS) is 3. The average molecular weight is 464 g/mol. The van der Waals surface area contributed by atoms with Gasteiger partial charge in [0.25, 0.3) is 0 Å². The first-order valence-electron chi connectivity index (χ1n) is 9.24. The number of hydrogen-bond donors (Lipinski definition) is 8. The van der Waals surface area contributed by atoms with Crippen LogP contribution in [0.15, 0.2) is 0 Å². The minimum atomic E-state index is -1.70. The zero-order valence-electron chi connectivity index (χ0n) is 17.0. The average Bonchev–Trinajstić information content (AvgIpc) is 2.66. The predicted molar refractivity (Wildman–Crippen MR) is 109 cm³/mol. The fourth-order valence-corrected chi connectivity index (χ4v) is 2.57. The summed E-state index contributed by atoms with van der Waals surface area (Å²) >= 11 is 3.97. The van der Waals surface area contributed by atoms with Gasteiger partial charge < -0.3 is 37.0 Å². The molecule has 13 nitrogen and oxygen atoms in total. The number of carbonyl (C=O) groups excluding carboxylic acids is 3. The van der Waals surface area contributed by atoms with Crippen molar-refractivity contribution in [2.24, 2.45) is 11.7 Å². The fraction of sp³-hybridized carbons (Fsp3) is 0.647. The van der Waals surface area contributed by atoms with Crippen molar-refractivity contribution in [3.8, 4) is 0 Å². The number of carboxylic acids is 3. The molecule has 0 aromatic heterocycles. The second kappa shape index (κ2) is 13.4. The lowest BCUT2D eigenvalue weighted by atomic mass is 10.0. The smallest absolute Gasteiger partial charge is 0.326 e. The van der Waals surface area contributed by atoms with Crippen LogP contribution in [0.4, 0.5) is 0 Å². The van der Waals surface area contributed by atoms with E-state index in [0.29, 0.717) is 0 Å². The number of carbonyl (C=O) groups is 6. The second-order valence-electron chi connectivity index (χ2n) is 7.01. The van der Waals surface area contributed by atoms with Gasteiger partial charge >= 0.3 is 17.9 Å². The third-order valence-corrected chi connectivity index (χ3v) is 4.43. The van der Waals surface area contributed by atoms with E-state index in [2.05, 4.69) is 28.6 Å². The monoisotopic (exact) mass is 464 g/mol. The molecule has 0 aromatic rings. The van der Waals surface area contributed by atoms with Gasteiger partial charge in [0.05, 0.1) is 12.5 Å². The molecule has 0 rings (SSSR count). The highest BCUT2D eigenvalue weighted by Crippen LogP contribution is 2.05. The highest BCUT2D eigenvalue weighted by molar-refractivity contribution is 7.80. The number of nitrogens with one attached hydrogen (secondary N) is 3. The molecule has 0 bridgehead atoms. The van der Waals surface area contributed by atoms with Gasteiger partial charge in [-0.2, -0.15) is 12.6 Å². The molecule has 0 aromatic carbocycles. The topological polar surface area (TPSA) is 225 Å². The van der Waals surface area contributed by atoms with Crippen LogP contribution in [-0.2, 0) is 28.8 Å². The van der Waals surface area contributed by atoms with Gasteiger partial charge in [0.2, 0.25) is 17.7 Å². The standard InChI is InChI=1S/C17H28N4O9S/c1-7(2)13(16(28)19-9(17(29)30)5-12(24)25)21-15(27)10(6-31)20-14(26)8(18)3-4-11(22)23/h7-10,13,31H,3-6,18H2,1-2H3,(H,19,28)(H,20,26)(H,21,27)(H,22,23)(H,24,25)(H,29,30). The number of amides is 3. The molecule has 0 aliphatic carbocycles. The normalized spacial score (nSPS) is 14.6. The van der Waals surface area contributed by atoms with Crippen molar-refractivity contribution in [1.82, 2.24) is 16.0 Å². The lowest BCUT2D eigenvalue weighted by molar-refractivity contribution is -0.147. The molecular weight excluding hydrogens is 436 g/mol. The number of thiol groups is 1.